The Morgan fingerprint density at radius 2 is 2.30 bits per heavy atom. The lowest BCUT2D eigenvalue weighted by atomic mass is 10.2. The van der Waals surface area contributed by atoms with Crippen molar-refractivity contribution in [2.24, 2.45) is 0 Å². The van der Waals surface area contributed by atoms with Gasteiger partial charge >= 0.3 is 0 Å². The monoisotopic (exact) mass is 344 g/mol. The normalized spacial score (nSPS) is 18.9. The maximum atomic E-state index is 12.0. The first-order valence-corrected chi connectivity index (χ1v) is 7.32. The maximum Gasteiger partial charge on any atom is 0.287 e. The van der Waals surface area contributed by atoms with E-state index in [2.05, 4.69) is 21.2 Å². The van der Waals surface area contributed by atoms with E-state index in [4.69, 9.17) is 9.15 Å². The first kappa shape index (κ1) is 15.1. The predicted molar refractivity (Wildman–Crippen MR) is 75.4 cm³/mol. The number of morpholine rings is 1. The van der Waals surface area contributed by atoms with Crippen LogP contribution < -0.4 is 5.32 Å². The number of ether oxygens (including phenoxy) is 1. The second-order valence-electron chi connectivity index (χ2n) is 4.53. The van der Waals surface area contributed by atoms with Gasteiger partial charge in [-0.1, -0.05) is 6.92 Å². The number of nitrogens with zero attached hydrogens (tertiary/aromatic N) is 1. The molecule has 0 radical (unpaired) electrons. The summed E-state index contributed by atoms with van der Waals surface area (Å²) in [7, 11) is 0. The highest BCUT2D eigenvalue weighted by molar-refractivity contribution is 9.10. The topological polar surface area (TPSA) is 71.8 Å². The van der Waals surface area contributed by atoms with Gasteiger partial charge in [-0.15, -0.1) is 0 Å². The molecular formula is C13H17BrN2O4. The van der Waals surface area contributed by atoms with E-state index < -0.39 is 5.91 Å². The fourth-order valence-corrected chi connectivity index (χ4v) is 2.29. The largest absolute Gasteiger partial charge is 0.444 e. The van der Waals surface area contributed by atoms with Crippen molar-refractivity contribution >= 4 is 27.7 Å². The molecule has 1 aliphatic heterocycles. The molecule has 2 amide bonds. The minimum atomic E-state index is -0.399. The fraction of sp³-hybridized carbons (Fsp3) is 0.538. The molecule has 0 aromatic carbocycles. The van der Waals surface area contributed by atoms with Crippen LogP contribution in [0.4, 0.5) is 0 Å². The van der Waals surface area contributed by atoms with Crippen LogP contribution in [0.1, 0.15) is 23.9 Å². The molecule has 0 aliphatic carbocycles. The third kappa shape index (κ3) is 3.83. The van der Waals surface area contributed by atoms with Gasteiger partial charge in [0.2, 0.25) is 5.91 Å². The Bertz CT molecular complexity index is 488. The summed E-state index contributed by atoms with van der Waals surface area (Å²) < 4.78 is 11.1. The number of hydrogen-bond acceptors (Lipinski definition) is 4. The zero-order valence-corrected chi connectivity index (χ0v) is 12.8. The summed E-state index contributed by atoms with van der Waals surface area (Å²) in [6.45, 7) is 3.68. The Morgan fingerprint density at radius 3 is 2.95 bits per heavy atom. The highest BCUT2D eigenvalue weighted by atomic mass is 79.9. The molecule has 0 spiro atoms. The van der Waals surface area contributed by atoms with E-state index in [0.29, 0.717) is 24.4 Å². The van der Waals surface area contributed by atoms with Crippen LogP contribution >= 0.6 is 15.9 Å². The third-order valence-electron chi connectivity index (χ3n) is 3.14. The highest BCUT2D eigenvalue weighted by Gasteiger charge is 2.23. The number of rotatable bonds is 4. The number of amides is 2. The van der Waals surface area contributed by atoms with E-state index in [1.54, 1.807) is 17.0 Å². The van der Waals surface area contributed by atoms with Crippen LogP contribution in [0, 0.1) is 0 Å². The molecule has 7 heteroatoms. The zero-order valence-electron chi connectivity index (χ0n) is 11.2. The fourth-order valence-electron chi connectivity index (χ4n) is 1.98. The summed E-state index contributed by atoms with van der Waals surface area (Å²) in [6, 6.07) is 3.18. The minimum Gasteiger partial charge on any atom is -0.444 e. The Kier molecular flexibility index (Phi) is 5.19. The molecule has 1 N–H and O–H groups in total. The SMILES string of the molecule is CC[C@H]1CN(C(=O)CNC(=O)c2ccc(Br)o2)CCO1. The number of carbonyl (C=O) groups excluding carboxylic acids is 2. The van der Waals surface area contributed by atoms with Crippen LogP contribution in [0.2, 0.25) is 0 Å². The lowest BCUT2D eigenvalue weighted by molar-refractivity contribution is -0.137. The van der Waals surface area contributed by atoms with Gasteiger partial charge in [0.1, 0.15) is 0 Å². The number of hydrogen-bond donors (Lipinski definition) is 1. The van der Waals surface area contributed by atoms with E-state index in [9.17, 15) is 9.59 Å². The first-order chi connectivity index (χ1) is 9.60. The molecule has 2 heterocycles. The van der Waals surface area contributed by atoms with E-state index >= 15 is 0 Å². The third-order valence-corrected chi connectivity index (χ3v) is 3.57. The second-order valence-corrected chi connectivity index (χ2v) is 5.31. The number of furan rings is 1. The molecule has 0 unspecified atom stereocenters. The van der Waals surface area contributed by atoms with Gasteiger partial charge in [-0.25, -0.2) is 0 Å². The molecule has 1 atom stereocenters. The molecule has 1 saturated heterocycles. The van der Waals surface area contributed by atoms with Gasteiger partial charge in [0.05, 0.1) is 19.3 Å². The summed E-state index contributed by atoms with van der Waals surface area (Å²) in [4.78, 5) is 25.5. The van der Waals surface area contributed by atoms with Crippen molar-refractivity contribution in [1.29, 1.82) is 0 Å². The maximum absolute atomic E-state index is 12.0. The molecular weight excluding hydrogens is 328 g/mol. The Balaban J connectivity index is 1.81. The van der Waals surface area contributed by atoms with Crippen LogP contribution in [0.5, 0.6) is 0 Å². The number of carbonyl (C=O) groups is 2. The summed E-state index contributed by atoms with van der Waals surface area (Å²) in [5.41, 5.74) is 0. The van der Waals surface area contributed by atoms with Crippen molar-refractivity contribution in [1.82, 2.24) is 10.2 Å². The second kappa shape index (κ2) is 6.90. The van der Waals surface area contributed by atoms with Crippen LogP contribution in [0.15, 0.2) is 21.2 Å². The van der Waals surface area contributed by atoms with Gasteiger partial charge < -0.3 is 19.4 Å². The summed E-state index contributed by atoms with van der Waals surface area (Å²) in [5, 5.41) is 2.56. The average molecular weight is 345 g/mol. The Hall–Kier alpha value is -1.34. The van der Waals surface area contributed by atoms with Crippen LogP contribution in [0.3, 0.4) is 0 Å². The zero-order chi connectivity index (χ0) is 14.5. The predicted octanol–water partition coefficient (Wildman–Crippen LogP) is 1.41. The smallest absolute Gasteiger partial charge is 0.287 e. The minimum absolute atomic E-state index is 0.0341. The van der Waals surface area contributed by atoms with Crippen LogP contribution in [-0.2, 0) is 9.53 Å². The summed E-state index contributed by atoms with van der Waals surface area (Å²) in [5.74, 6) is -0.326. The van der Waals surface area contributed by atoms with Crippen molar-refractivity contribution < 1.29 is 18.7 Å². The Labute approximate surface area is 125 Å². The molecule has 0 bridgehead atoms. The van der Waals surface area contributed by atoms with E-state index in [1.807, 2.05) is 6.92 Å². The number of halogens is 1. The van der Waals surface area contributed by atoms with Crippen LogP contribution in [-0.4, -0.2) is 49.1 Å². The van der Waals surface area contributed by atoms with Crippen LogP contribution in [0.25, 0.3) is 0 Å². The molecule has 20 heavy (non-hydrogen) atoms. The van der Waals surface area contributed by atoms with Crippen molar-refractivity contribution in [3.05, 3.63) is 22.6 Å². The molecule has 110 valence electrons. The van der Waals surface area contributed by atoms with Crippen molar-refractivity contribution in [2.75, 3.05) is 26.2 Å². The number of nitrogens with one attached hydrogen (secondary N) is 1. The molecule has 6 nitrogen and oxygen atoms in total. The molecule has 0 saturated carbocycles. The lowest BCUT2D eigenvalue weighted by Crippen LogP contribution is -2.48. The van der Waals surface area contributed by atoms with E-state index in [1.165, 1.54) is 0 Å². The van der Waals surface area contributed by atoms with Crippen molar-refractivity contribution in [2.45, 2.75) is 19.4 Å². The molecule has 1 fully saturated rings. The average Bonchev–Trinajstić information content (AvgIpc) is 2.91. The van der Waals surface area contributed by atoms with E-state index in [-0.39, 0.29) is 24.3 Å². The van der Waals surface area contributed by atoms with Gasteiger partial charge in [-0.2, -0.15) is 0 Å². The molecule has 1 aromatic rings. The van der Waals surface area contributed by atoms with Crippen molar-refractivity contribution in [3.63, 3.8) is 0 Å². The quantitative estimate of drug-likeness (QED) is 0.896. The highest BCUT2D eigenvalue weighted by Crippen LogP contribution is 2.13. The lowest BCUT2D eigenvalue weighted by Gasteiger charge is -2.32. The van der Waals surface area contributed by atoms with Gasteiger partial charge in [0.15, 0.2) is 10.4 Å². The molecule has 1 aromatic heterocycles. The van der Waals surface area contributed by atoms with Gasteiger partial charge in [0.25, 0.3) is 5.91 Å². The molecule has 1 aliphatic rings. The molecule has 2 rings (SSSR count). The summed E-state index contributed by atoms with van der Waals surface area (Å²) in [6.07, 6.45) is 0.959. The van der Waals surface area contributed by atoms with Gasteiger partial charge in [-0.3, -0.25) is 9.59 Å². The first-order valence-electron chi connectivity index (χ1n) is 6.53. The van der Waals surface area contributed by atoms with Gasteiger partial charge in [0, 0.05) is 13.1 Å². The summed E-state index contributed by atoms with van der Waals surface area (Å²) >= 11 is 3.12. The van der Waals surface area contributed by atoms with Crippen molar-refractivity contribution in [3.8, 4) is 0 Å². The van der Waals surface area contributed by atoms with E-state index in [0.717, 1.165) is 6.42 Å². The Morgan fingerprint density at radius 1 is 1.50 bits per heavy atom. The standard InChI is InChI=1S/C13H17BrN2O4/c1-2-9-8-16(5-6-19-9)12(17)7-15-13(18)10-3-4-11(14)20-10/h3-4,9H,2,5-8H2,1H3,(H,15,18)/t9-/m0/s1. The van der Waals surface area contributed by atoms with Gasteiger partial charge in [-0.05, 0) is 34.5 Å².